The molecule has 1 heterocycles. The minimum Gasteiger partial charge on any atom is -0.485 e. The van der Waals surface area contributed by atoms with E-state index in [9.17, 15) is 0 Å². The summed E-state index contributed by atoms with van der Waals surface area (Å²) >= 11 is 3.46. The van der Waals surface area contributed by atoms with Crippen molar-refractivity contribution in [3.05, 3.63) is 52.0 Å². The van der Waals surface area contributed by atoms with Gasteiger partial charge < -0.3 is 10.1 Å². The molecule has 0 saturated carbocycles. The van der Waals surface area contributed by atoms with E-state index in [-0.39, 0.29) is 0 Å². The second-order valence-electron chi connectivity index (χ2n) is 5.14. The van der Waals surface area contributed by atoms with Crippen LogP contribution in [0.5, 0.6) is 5.75 Å². The summed E-state index contributed by atoms with van der Waals surface area (Å²) in [4.78, 5) is 8.96. The Morgan fingerprint density at radius 2 is 2.14 bits per heavy atom. The van der Waals surface area contributed by atoms with Crippen LogP contribution >= 0.6 is 15.9 Å². The molecule has 1 aromatic heterocycles. The maximum Gasteiger partial charge on any atom is 0.160 e. The number of hydrogen-bond acceptors (Lipinski definition) is 4. The van der Waals surface area contributed by atoms with Gasteiger partial charge >= 0.3 is 0 Å². The molecule has 112 valence electrons. The van der Waals surface area contributed by atoms with Gasteiger partial charge in [0.2, 0.25) is 0 Å². The van der Waals surface area contributed by atoms with Crippen molar-refractivity contribution in [2.75, 3.05) is 7.05 Å². The Labute approximate surface area is 134 Å². The standard InChI is InChI=1S/C16H20BrN3O/c1-11(2)16-19-9-15(14(20-16)8-18-3)21-10-12-5-4-6-13(17)7-12/h4-7,9,11,18H,8,10H2,1-3H3. The molecule has 0 aliphatic rings. The van der Waals surface area contributed by atoms with Gasteiger partial charge in [0.1, 0.15) is 12.4 Å². The number of ether oxygens (including phenoxy) is 1. The minimum absolute atomic E-state index is 0.305. The minimum atomic E-state index is 0.305. The smallest absolute Gasteiger partial charge is 0.160 e. The van der Waals surface area contributed by atoms with Gasteiger partial charge in [0.05, 0.1) is 11.9 Å². The molecule has 0 atom stereocenters. The molecule has 4 nitrogen and oxygen atoms in total. The van der Waals surface area contributed by atoms with E-state index < -0.39 is 0 Å². The molecule has 0 aliphatic heterocycles. The first-order chi connectivity index (χ1) is 10.1. The fourth-order valence-corrected chi connectivity index (χ4v) is 2.35. The monoisotopic (exact) mass is 349 g/mol. The topological polar surface area (TPSA) is 47.0 Å². The predicted octanol–water partition coefficient (Wildman–Crippen LogP) is 3.66. The van der Waals surface area contributed by atoms with Crippen LogP contribution in [0.15, 0.2) is 34.9 Å². The quantitative estimate of drug-likeness (QED) is 0.864. The number of rotatable bonds is 6. The summed E-state index contributed by atoms with van der Waals surface area (Å²) in [5.41, 5.74) is 2.00. The lowest BCUT2D eigenvalue weighted by Crippen LogP contribution is -2.12. The molecule has 0 aliphatic carbocycles. The van der Waals surface area contributed by atoms with Crippen LogP contribution < -0.4 is 10.1 Å². The summed E-state index contributed by atoms with van der Waals surface area (Å²) in [5, 5.41) is 3.12. The Hall–Kier alpha value is -1.46. The van der Waals surface area contributed by atoms with Gasteiger partial charge in [-0.25, -0.2) is 9.97 Å². The van der Waals surface area contributed by atoms with E-state index in [1.807, 2.05) is 31.3 Å². The molecule has 1 aromatic carbocycles. The van der Waals surface area contributed by atoms with Gasteiger partial charge in [0.25, 0.3) is 0 Å². The average Bonchev–Trinajstić information content (AvgIpc) is 2.46. The number of nitrogens with one attached hydrogen (secondary N) is 1. The highest BCUT2D eigenvalue weighted by Crippen LogP contribution is 2.20. The number of benzene rings is 1. The fraction of sp³-hybridized carbons (Fsp3) is 0.375. The molecule has 0 saturated heterocycles. The summed E-state index contributed by atoms with van der Waals surface area (Å²) in [6.45, 7) is 5.33. The van der Waals surface area contributed by atoms with Crippen molar-refractivity contribution in [2.45, 2.75) is 32.9 Å². The summed E-state index contributed by atoms with van der Waals surface area (Å²) in [6.07, 6.45) is 1.77. The van der Waals surface area contributed by atoms with Crippen LogP contribution in [0.4, 0.5) is 0 Å². The largest absolute Gasteiger partial charge is 0.485 e. The van der Waals surface area contributed by atoms with Crippen LogP contribution in [-0.2, 0) is 13.2 Å². The van der Waals surface area contributed by atoms with Gasteiger partial charge in [-0.1, -0.05) is 41.9 Å². The first-order valence-electron chi connectivity index (χ1n) is 6.97. The van der Waals surface area contributed by atoms with Crippen molar-refractivity contribution in [3.63, 3.8) is 0 Å². The number of nitrogens with zero attached hydrogens (tertiary/aromatic N) is 2. The maximum atomic E-state index is 5.88. The van der Waals surface area contributed by atoms with Gasteiger partial charge in [-0.2, -0.15) is 0 Å². The third-order valence-electron chi connectivity index (χ3n) is 2.99. The van der Waals surface area contributed by atoms with Crippen molar-refractivity contribution >= 4 is 15.9 Å². The molecule has 0 fully saturated rings. The third kappa shape index (κ3) is 4.51. The van der Waals surface area contributed by atoms with E-state index in [2.05, 4.69) is 45.1 Å². The third-order valence-corrected chi connectivity index (χ3v) is 3.49. The number of aromatic nitrogens is 2. The van der Waals surface area contributed by atoms with Crippen molar-refractivity contribution in [1.29, 1.82) is 0 Å². The second kappa shape index (κ2) is 7.52. The predicted molar refractivity (Wildman–Crippen MR) is 87.4 cm³/mol. The summed E-state index contributed by atoms with van der Waals surface area (Å²) in [7, 11) is 1.90. The SMILES string of the molecule is CNCc1nc(C(C)C)ncc1OCc1cccc(Br)c1. The van der Waals surface area contributed by atoms with E-state index in [1.54, 1.807) is 6.20 Å². The molecular weight excluding hydrogens is 330 g/mol. The summed E-state index contributed by atoms with van der Waals surface area (Å²) in [5.74, 6) is 1.88. The van der Waals surface area contributed by atoms with Crippen molar-refractivity contribution in [1.82, 2.24) is 15.3 Å². The molecule has 2 rings (SSSR count). The maximum absolute atomic E-state index is 5.88. The second-order valence-corrected chi connectivity index (χ2v) is 6.06. The lowest BCUT2D eigenvalue weighted by Gasteiger charge is -2.13. The Balaban J connectivity index is 2.15. The molecule has 1 N–H and O–H groups in total. The van der Waals surface area contributed by atoms with Gasteiger partial charge in [0, 0.05) is 16.9 Å². The Kier molecular flexibility index (Phi) is 5.70. The molecule has 0 radical (unpaired) electrons. The van der Waals surface area contributed by atoms with E-state index in [0.717, 1.165) is 27.3 Å². The molecular formula is C16H20BrN3O. The Morgan fingerprint density at radius 1 is 1.33 bits per heavy atom. The van der Waals surface area contributed by atoms with E-state index in [0.29, 0.717) is 19.1 Å². The first kappa shape index (κ1) is 15.9. The molecule has 0 amide bonds. The molecule has 0 spiro atoms. The van der Waals surface area contributed by atoms with Gasteiger partial charge in [0.15, 0.2) is 5.75 Å². The highest BCUT2D eigenvalue weighted by atomic mass is 79.9. The summed E-state index contributed by atoms with van der Waals surface area (Å²) in [6, 6.07) is 8.07. The van der Waals surface area contributed by atoms with Gasteiger partial charge in [-0.3, -0.25) is 0 Å². The Bertz CT molecular complexity index is 602. The van der Waals surface area contributed by atoms with E-state index in [4.69, 9.17) is 4.74 Å². The first-order valence-corrected chi connectivity index (χ1v) is 7.77. The zero-order chi connectivity index (χ0) is 15.2. The van der Waals surface area contributed by atoms with Crippen LogP contribution in [0.25, 0.3) is 0 Å². The summed E-state index contributed by atoms with van der Waals surface area (Å²) < 4.78 is 6.93. The number of hydrogen-bond donors (Lipinski definition) is 1. The zero-order valence-electron chi connectivity index (χ0n) is 12.6. The number of halogens is 1. The highest BCUT2D eigenvalue weighted by Gasteiger charge is 2.10. The van der Waals surface area contributed by atoms with Crippen LogP contribution in [0, 0.1) is 0 Å². The van der Waals surface area contributed by atoms with Crippen molar-refractivity contribution in [2.24, 2.45) is 0 Å². The van der Waals surface area contributed by atoms with Gasteiger partial charge in [-0.15, -0.1) is 0 Å². The molecule has 5 heteroatoms. The van der Waals surface area contributed by atoms with E-state index >= 15 is 0 Å². The van der Waals surface area contributed by atoms with E-state index in [1.165, 1.54) is 0 Å². The fourth-order valence-electron chi connectivity index (χ4n) is 1.90. The average molecular weight is 350 g/mol. The van der Waals surface area contributed by atoms with Crippen LogP contribution in [0.3, 0.4) is 0 Å². The van der Waals surface area contributed by atoms with Crippen LogP contribution in [0.2, 0.25) is 0 Å². The van der Waals surface area contributed by atoms with Crippen LogP contribution in [-0.4, -0.2) is 17.0 Å². The molecule has 0 unspecified atom stereocenters. The lowest BCUT2D eigenvalue weighted by molar-refractivity contribution is 0.298. The molecule has 21 heavy (non-hydrogen) atoms. The molecule has 2 aromatic rings. The highest BCUT2D eigenvalue weighted by molar-refractivity contribution is 9.10. The normalized spacial score (nSPS) is 10.9. The Morgan fingerprint density at radius 3 is 2.81 bits per heavy atom. The van der Waals surface area contributed by atoms with Crippen molar-refractivity contribution < 1.29 is 4.74 Å². The zero-order valence-corrected chi connectivity index (χ0v) is 14.1. The van der Waals surface area contributed by atoms with Crippen LogP contribution in [0.1, 0.15) is 36.8 Å². The van der Waals surface area contributed by atoms with Crippen molar-refractivity contribution in [3.8, 4) is 5.75 Å². The van der Waals surface area contributed by atoms with Gasteiger partial charge in [-0.05, 0) is 24.7 Å². The molecule has 0 bridgehead atoms. The lowest BCUT2D eigenvalue weighted by atomic mass is 10.2.